The highest BCUT2D eigenvalue weighted by Crippen LogP contribution is 2.15. The molecule has 0 aliphatic heterocycles. The van der Waals surface area contributed by atoms with Crippen LogP contribution < -0.4 is 0 Å². The molecule has 1 unspecified atom stereocenters. The second kappa shape index (κ2) is 11.0. The monoisotopic (exact) mass is 174 g/mol. The molecule has 0 aromatic heterocycles. The van der Waals surface area contributed by atoms with Gasteiger partial charge in [0.2, 0.25) is 0 Å². The zero-order valence-electron chi connectivity index (χ0n) is 9.43. The van der Waals surface area contributed by atoms with E-state index in [1.165, 1.54) is 12.8 Å². The summed E-state index contributed by atoms with van der Waals surface area (Å²) in [6, 6.07) is 0. The van der Waals surface area contributed by atoms with Gasteiger partial charge in [-0.15, -0.1) is 0 Å². The summed E-state index contributed by atoms with van der Waals surface area (Å²) in [5.41, 5.74) is 0. The van der Waals surface area contributed by atoms with Gasteiger partial charge in [-0.1, -0.05) is 47.5 Å². The van der Waals surface area contributed by atoms with E-state index in [0.29, 0.717) is 0 Å². The first-order valence-electron chi connectivity index (χ1n) is 5.42. The lowest BCUT2D eigenvalue weighted by molar-refractivity contribution is 0.135. The normalized spacial score (nSPS) is 12.2. The van der Waals surface area contributed by atoms with Crippen LogP contribution in [-0.2, 0) is 0 Å². The fourth-order valence-electron chi connectivity index (χ4n) is 1.17. The summed E-state index contributed by atoms with van der Waals surface area (Å²) in [4.78, 5) is 0. The van der Waals surface area contributed by atoms with Crippen molar-refractivity contribution >= 4 is 0 Å². The van der Waals surface area contributed by atoms with Crippen molar-refractivity contribution < 1.29 is 5.11 Å². The van der Waals surface area contributed by atoms with E-state index in [-0.39, 0.29) is 6.10 Å². The topological polar surface area (TPSA) is 20.2 Å². The molecule has 0 aromatic rings. The molecule has 1 N–H and O–H groups in total. The molecule has 0 aromatic carbocycles. The van der Waals surface area contributed by atoms with Gasteiger partial charge in [0.05, 0.1) is 6.10 Å². The fraction of sp³-hybridized carbons (Fsp3) is 1.00. The maximum absolute atomic E-state index is 9.29. The van der Waals surface area contributed by atoms with E-state index in [4.69, 9.17) is 0 Å². The molecule has 12 heavy (non-hydrogen) atoms. The fourth-order valence-corrected chi connectivity index (χ4v) is 1.17. The minimum atomic E-state index is -0.0649. The van der Waals surface area contributed by atoms with Gasteiger partial charge < -0.3 is 5.11 Å². The lowest BCUT2D eigenvalue weighted by atomic mass is 9.95. The average molecular weight is 174 g/mol. The third kappa shape index (κ3) is 8.06. The van der Waals surface area contributed by atoms with Crippen LogP contribution in [0.2, 0.25) is 0 Å². The van der Waals surface area contributed by atoms with E-state index in [0.717, 1.165) is 18.8 Å². The van der Waals surface area contributed by atoms with Crippen LogP contribution in [0.25, 0.3) is 0 Å². The first-order valence-corrected chi connectivity index (χ1v) is 5.42. The number of aliphatic hydroxyl groups excluding tert-OH is 1. The van der Waals surface area contributed by atoms with Gasteiger partial charge in [-0.05, 0) is 18.8 Å². The molecule has 0 amide bonds. The van der Waals surface area contributed by atoms with Crippen LogP contribution in [0.1, 0.15) is 60.3 Å². The molecule has 0 radical (unpaired) electrons. The van der Waals surface area contributed by atoms with E-state index in [1.54, 1.807) is 0 Å². The lowest BCUT2D eigenvalue weighted by Gasteiger charge is -2.15. The Morgan fingerprint density at radius 1 is 0.917 bits per heavy atom. The zero-order valence-corrected chi connectivity index (χ0v) is 9.43. The Morgan fingerprint density at radius 3 is 1.58 bits per heavy atom. The van der Waals surface area contributed by atoms with E-state index in [1.807, 2.05) is 20.8 Å². The standard InChI is InChI=1S/C9H20O.C2H6/c1-4-8(5-2)7-9(10)6-3;1-2/h8-10H,4-7H2,1-3H3;1-2H3. The molecule has 0 bridgehead atoms. The molecule has 0 rings (SSSR count). The smallest absolute Gasteiger partial charge is 0.0540 e. The van der Waals surface area contributed by atoms with Crippen molar-refractivity contribution in [2.45, 2.75) is 66.4 Å². The van der Waals surface area contributed by atoms with Gasteiger partial charge in [0.25, 0.3) is 0 Å². The van der Waals surface area contributed by atoms with E-state index in [2.05, 4.69) is 13.8 Å². The Labute approximate surface area is 78.2 Å². The zero-order chi connectivity index (χ0) is 9.98. The third-order valence-corrected chi connectivity index (χ3v) is 2.23. The summed E-state index contributed by atoms with van der Waals surface area (Å²) in [6.45, 7) is 10.4. The molecule has 0 saturated heterocycles. The number of hydrogen-bond donors (Lipinski definition) is 1. The minimum Gasteiger partial charge on any atom is -0.393 e. The highest BCUT2D eigenvalue weighted by molar-refractivity contribution is 4.60. The predicted octanol–water partition coefficient (Wildman–Crippen LogP) is 3.61. The molecule has 0 spiro atoms. The van der Waals surface area contributed by atoms with Crippen LogP contribution in [0.3, 0.4) is 0 Å². The maximum atomic E-state index is 9.29. The van der Waals surface area contributed by atoms with Crippen molar-refractivity contribution in [2.24, 2.45) is 5.92 Å². The summed E-state index contributed by atoms with van der Waals surface area (Å²) in [5.74, 6) is 0.731. The summed E-state index contributed by atoms with van der Waals surface area (Å²) in [5, 5.41) is 9.29. The molecule has 0 aliphatic carbocycles. The van der Waals surface area contributed by atoms with Crippen molar-refractivity contribution in [3.8, 4) is 0 Å². The number of aliphatic hydroxyl groups is 1. The van der Waals surface area contributed by atoms with Crippen LogP contribution in [0.15, 0.2) is 0 Å². The van der Waals surface area contributed by atoms with Gasteiger partial charge in [-0.2, -0.15) is 0 Å². The highest BCUT2D eigenvalue weighted by Gasteiger charge is 2.08. The summed E-state index contributed by atoms with van der Waals surface area (Å²) in [6.07, 6.45) is 4.23. The van der Waals surface area contributed by atoms with Crippen LogP contribution in [-0.4, -0.2) is 11.2 Å². The minimum absolute atomic E-state index is 0.0649. The van der Waals surface area contributed by atoms with Crippen molar-refractivity contribution in [1.82, 2.24) is 0 Å². The van der Waals surface area contributed by atoms with E-state index >= 15 is 0 Å². The largest absolute Gasteiger partial charge is 0.393 e. The Morgan fingerprint density at radius 2 is 1.33 bits per heavy atom. The van der Waals surface area contributed by atoms with Crippen LogP contribution in [0.5, 0.6) is 0 Å². The molecule has 0 aliphatic rings. The van der Waals surface area contributed by atoms with Crippen LogP contribution in [0.4, 0.5) is 0 Å². The van der Waals surface area contributed by atoms with Crippen LogP contribution in [0, 0.1) is 5.92 Å². The van der Waals surface area contributed by atoms with Crippen molar-refractivity contribution in [1.29, 1.82) is 0 Å². The summed E-state index contributed by atoms with van der Waals surface area (Å²) < 4.78 is 0. The van der Waals surface area contributed by atoms with E-state index in [9.17, 15) is 5.11 Å². The van der Waals surface area contributed by atoms with Gasteiger partial charge in [0, 0.05) is 0 Å². The average Bonchev–Trinajstić information content (AvgIpc) is 2.16. The molecular weight excluding hydrogens is 148 g/mol. The van der Waals surface area contributed by atoms with Crippen LogP contribution >= 0.6 is 0 Å². The van der Waals surface area contributed by atoms with Gasteiger partial charge in [-0.3, -0.25) is 0 Å². The van der Waals surface area contributed by atoms with Crippen molar-refractivity contribution in [2.75, 3.05) is 0 Å². The first-order chi connectivity index (χ1) is 5.74. The molecule has 0 fully saturated rings. The summed E-state index contributed by atoms with van der Waals surface area (Å²) in [7, 11) is 0. The maximum Gasteiger partial charge on any atom is 0.0540 e. The predicted molar refractivity (Wildman–Crippen MR) is 56.3 cm³/mol. The molecular formula is C11H26O. The van der Waals surface area contributed by atoms with E-state index < -0.39 is 0 Å². The van der Waals surface area contributed by atoms with Gasteiger partial charge in [0.1, 0.15) is 0 Å². The molecule has 76 valence electrons. The number of rotatable bonds is 5. The third-order valence-electron chi connectivity index (χ3n) is 2.23. The molecule has 0 heterocycles. The quantitative estimate of drug-likeness (QED) is 0.675. The Balaban J connectivity index is 0. The first kappa shape index (κ1) is 14.5. The second-order valence-electron chi connectivity index (χ2n) is 2.98. The second-order valence-corrected chi connectivity index (χ2v) is 2.98. The molecule has 1 heteroatoms. The van der Waals surface area contributed by atoms with Gasteiger partial charge in [-0.25, -0.2) is 0 Å². The molecule has 1 atom stereocenters. The lowest BCUT2D eigenvalue weighted by Crippen LogP contribution is -2.11. The Hall–Kier alpha value is -0.0400. The Bertz CT molecular complexity index is 67.4. The number of hydrogen-bond acceptors (Lipinski definition) is 1. The van der Waals surface area contributed by atoms with Crippen molar-refractivity contribution in [3.63, 3.8) is 0 Å². The summed E-state index contributed by atoms with van der Waals surface area (Å²) >= 11 is 0. The molecule has 0 saturated carbocycles. The van der Waals surface area contributed by atoms with Crippen molar-refractivity contribution in [3.05, 3.63) is 0 Å². The highest BCUT2D eigenvalue weighted by atomic mass is 16.3. The van der Waals surface area contributed by atoms with Gasteiger partial charge in [0.15, 0.2) is 0 Å². The molecule has 1 nitrogen and oxygen atoms in total. The van der Waals surface area contributed by atoms with Gasteiger partial charge >= 0.3 is 0 Å². The SMILES string of the molecule is CC.CCC(O)CC(CC)CC. The Kier molecular flexibility index (Phi) is 13.2.